The molecule has 1 aromatic heterocycles. The van der Waals surface area contributed by atoms with E-state index in [4.69, 9.17) is 5.11 Å². The van der Waals surface area contributed by atoms with Gasteiger partial charge in [-0.15, -0.1) is 0 Å². The number of aromatic nitrogens is 2. The number of carboxylic acid groups (broad SMARTS) is 1. The molecule has 1 heterocycles. The Labute approximate surface area is 119 Å². The summed E-state index contributed by atoms with van der Waals surface area (Å²) in [7, 11) is 0. The van der Waals surface area contributed by atoms with Gasteiger partial charge in [0, 0.05) is 17.8 Å². The number of carboxylic acids is 1. The molecule has 0 atom stereocenters. The van der Waals surface area contributed by atoms with Gasteiger partial charge in [-0.1, -0.05) is 13.8 Å². The molecule has 8 heteroatoms. The van der Waals surface area contributed by atoms with Crippen LogP contribution in [0.4, 0.5) is 13.2 Å². The predicted octanol–water partition coefficient (Wildman–Crippen LogP) is 1.95. The molecule has 118 valence electrons. The Hall–Kier alpha value is -1.86. The second-order valence-electron chi connectivity index (χ2n) is 4.56. The first-order chi connectivity index (χ1) is 9.69. The van der Waals surface area contributed by atoms with Crippen LogP contribution in [0.5, 0.6) is 0 Å². The number of carbonyl (C=O) groups is 1. The summed E-state index contributed by atoms with van der Waals surface area (Å²) < 4.78 is 37.9. The van der Waals surface area contributed by atoms with Gasteiger partial charge in [0.1, 0.15) is 0 Å². The van der Waals surface area contributed by atoms with Crippen molar-refractivity contribution in [2.75, 3.05) is 0 Å². The molecule has 0 aliphatic heterocycles. The molecule has 21 heavy (non-hydrogen) atoms. The van der Waals surface area contributed by atoms with Gasteiger partial charge in [0.2, 0.25) is 0 Å². The van der Waals surface area contributed by atoms with Gasteiger partial charge >= 0.3 is 17.8 Å². The van der Waals surface area contributed by atoms with Crippen molar-refractivity contribution in [2.45, 2.75) is 52.3 Å². The van der Waals surface area contributed by atoms with Crippen molar-refractivity contribution >= 4 is 5.97 Å². The average Bonchev–Trinajstić information content (AvgIpc) is 2.36. The number of aliphatic carboxylic acids is 1. The molecule has 0 aliphatic carbocycles. The van der Waals surface area contributed by atoms with Gasteiger partial charge < -0.3 is 5.11 Å². The molecule has 0 aliphatic rings. The zero-order valence-electron chi connectivity index (χ0n) is 11.8. The highest BCUT2D eigenvalue weighted by molar-refractivity contribution is 5.71. The standard InChI is InChI=1S/C13H17F3N2O3/c1-3-9-8(7-11(19)20)10(4-2)18(12(21)17-9)6-5-13(14,15)16/h3-7H2,1-2H3,(H,19,20). The van der Waals surface area contributed by atoms with Crippen LogP contribution in [0.25, 0.3) is 0 Å². The largest absolute Gasteiger partial charge is 0.481 e. The van der Waals surface area contributed by atoms with Crippen LogP contribution in [-0.4, -0.2) is 26.8 Å². The second kappa shape index (κ2) is 6.73. The molecule has 0 aromatic carbocycles. The highest BCUT2D eigenvalue weighted by atomic mass is 19.4. The Bertz CT molecular complexity index is 579. The molecule has 0 saturated carbocycles. The molecule has 1 aromatic rings. The maximum atomic E-state index is 12.3. The van der Waals surface area contributed by atoms with Gasteiger partial charge in [-0.05, 0) is 12.8 Å². The van der Waals surface area contributed by atoms with Crippen LogP contribution in [0.2, 0.25) is 0 Å². The molecule has 1 N–H and O–H groups in total. The van der Waals surface area contributed by atoms with E-state index in [2.05, 4.69) is 4.98 Å². The van der Waals surface area contributed by atoms with Gasteiger partial charge in [0.15, 0.2) is 0 Å². The van der Waals surface area contributed by atoms with Crippen molar-refractivity contribution in [3.05, 3.63) is 27.4 Å². The lowest BCUT2D eigenvalue weighted by molar-refractivity contribution is -0.138. The maximum Gasteiger partial charge on any atom is 0.390 e. The summed E-state index contributed by atoms with van der Waals surface area (Å²) in [4.78, 5) is 26.5. The van der Waals surface area contributed by atoms with Crippen molar-refractivity contribution in [2.24, 2.45) is 0 Å². The van der Waals surface area contributed by atoms with Crippen LogP contribution in [0.15, 0.2) is 4.79 Å². The molecule has 1 rings (SSSR count). The minimum absolute atomic E-state index is 0.269. The average molecular weight is 306 g/mol. The summed E-state index contributed by atoms with van der Waals surface area (Å²) in [5.74, 6) is -1.11. The number of hydrogen-bond acceptors (Lipinski definition) is 3. The van der Waals surface area contributed by atoms with E-state index >= 15 is 0 Å². The van der Waals surface area contributed by atoms with Gasteiger partial charge in [0.05, 0.1) is 18.5 Å². The van der Waals surface area contributed by atoms with Gasteiger partial charge in [-0.2, -0.15) is 18.2 Å². The highest BCUT2D eigenvalue weighted by Gasteiger charge is 2.28. The van der Waals surface area contributed by atoms with Gasteiger partial charge in [0.25, 0.3) is 0 Å². The predicted molar refractivity (Wildman–Crippen MR) is 69.3 cm³/mol. The van der Waals surface area contributed by atoms with E-state index in [1.54, 1.807) is 13.8 Å². The van der Waals surface area contributed by atoms with Crippen LogP contribution in [0.1, 0.15) is 37.2 Å². The van der Waals surface area contributed by atoms with E-state index in [-0.39, 0.29) is 12.8 Å². The fourth-order valence-electron chi connectivity index (χ4n) is 2.21. The zero-order valence-corrected chi connectivity index (χ0v) is 11.8. The fourth-order valence-corrected chi connectivity index (χ4v) is 2.21. The third-order valence-electron chi connectivity index (χ3n) is 3.10. The lowest BCUT2D eigenvalue weighted by Crippen LogP contribution is -2.31. The number of alkyl halides is 3. The summed E-state index contributed by atoms with van der Waals surface area (Å²) in [5.41, 5.74) is 0.234. The molecule has 0 spiro atoms. The van der Waals surface area contributed by atoms with E-state index in [0.717, 1.165) is 4.57 Å². The van der Waals surface area contributed by atoms with E-state index < -0.39 is 30.8 Å². The van der Waals surface area contributed by atoms with Crippen LogP contribution in [-0.2, 0) is 30.6 Å². The number of aryl methyl sites for hydroxylation is 1. The van der Waals surface area contributed by atoms with Crippen molar-refractivity contribution in [3.8, 4) is 0 Å². The highest BCUT2D eigenvalue weighted by Crippen LogP contribution is 2.21. The second-order valence-corrected chi connectivity index (χ2v) is 4.56. The first kappa shape index (κ1) is 17.2. The van der Waals surface area contributed by atoms with Crippen molar-refractivity contribution in [1.82, 2.24) is 9.55 Å². The van der Waals surface area contributed by atoms with Crippen LogP contribution in [0.3, 0.4) is 0 Å². The van der Waals surface area contributed by atoms with Crippen molar-refractivity contribution in [3.63, 3.8) is 0 Å². The molecule has 0 radical (unpaired) electrons. The summed E-state index contributed by atoms with van der Waals surface area (Å²) in [6, 6.07) is 0. The van der Waals surface area contributed by atoms with Crippen molar-refractivity contribution < 1.29 is 23.1 Å². The topological polar surface area (TPSA) is 72.2 Å². The van der Waals surface area contributed by atoms with E-state index in [1.807, 2.05) is 0 Å². The zero-order chi connectivity index (χ0) is 16.2. The minimum atomic E-state index is -4.39. The monoisotopic (exact) mass is 306 g/mol. The molecule has 5 nitrogen and oxygen atoms in total. The smallest absolute Gasteiger partial charge is 0.390 e. The first-order valence-corrected chi connectivity index (χ1v) is 6.59. The van der Waals surface area contributed by atoms with Crippen molar-refractivity contribution in [1.29, 1.82) is 0 Å². The summed E-state index contributed by atoms with van der Waals surface area (Å²) in [6.07, 6.45) is -5.28. The summed E-state index contributed by atoms with van der Waals surface area (Å²) in [5, 5.41) is 8.93. The quantitative estimate of drug-likeness (QED) is 0.872. The SMILES string of the molecule is CCc1nc(=O)n(CCC(F)(F)F)c(CC)c1CC(=O)O. The molecule has 0 amide bonds. The number of halogens is 3. The maximum absolute atomic E-state index is 12.3. The van der Waals surface area contributed by atoms with E-state index in [1.165, 1.54) is 0 Å². The third kappa shape index (κ3) is 4.57. The Morgan fingerprint density at radius 3 is 2.33 bits per heavy atom. The Morgan fingerprint density at radius 2 is 1.90 bits per heavy atom. The lowest BCUT2D eigenvalue weighted by Gasteiger charge is -2.18. The van der Waals surface area contributed by atoms with E-state index in [9.17, 15) is 22.8 Å². The minimum Gasteiger partial charge on any atom is -0.481 e. The summed E-state index contributed by atoms with van der Waals surface area (Å²) >= 11 is 0. The van der Waals surface area contributed by atoms with Crippen LogP contribution in [0, 0.1) is 0 Å². The van der Waals surface area contributed by atoms with Crippen LogP contribution < -0.4 is 5.69 Å². The molecule has 0 bridgehead atoms. The van der Waals surface area contributed by atoms with Gasteiger partial charge in [-0.25, -0.2) is 4.79 Å². The number of hydrogen-bond donors (Lipinski definition) is 1. The Morgan fingerprint density at radius 1 is 1.29 bits per heavy atom. The van der Waals surface area contributed by atoms with Crippen LogP contribution >= 0.6 is 0 Å². The molecule has 0 fully saturated rings. The molecular weight excluding hydrogens is 289 g/mol. The molecular formula is C13H17F3N2O3. The fraction of sp³-hybridized carbons (Fsp3) is 0.615. The summed E-state index contributed by atoms with van der Waals surface area (Å²) in [6.45, 7) is 2.84. The first-order valence-electron chi connectivity index (χ1n) is 6.59. The number of rotatable bonds is 6. The lowest BCUT2D eigenvalue weighted by atomic mass is 10.0. The molecule has 0 unspecified atom stereocenters. The van der Waals surface area contributed by atoms with E-state index in [0.29, 0.717) is 23.4 Å². The normalized spacial score (nSPS) is 11.7. The van der Waals surface area contributed by atoms with Gasteiger partial charge in [-0.3, -0.25) is 9.36 Å². The molecule has 0 saturated heterocycles. The Balaban J connectivity index is 3.35. The number of nitrogens with zero attached hydrogens (tertiary/aromatic N) is 2. The Kier molecular flexibility index (Phi) is 5.51. The third-order valence-corrected chi connectivity index (χ3v) is 3.10.